The van der Waals surface area contributed by atoms with E-state index in [1.54, 1.807) is 30.3 Å². The van der Waals surface area contributed by atoms with Crippen molar-refractivity contribution in [1.29, 1.82) is 0 Å². The Labute approximate surface area is 152 Å². The molecule has 0 spiro atoms. The zero-order chi connectivity index (χ0) is 18.0. The van der Waals surface area contributed by atoms with Gasteiger partial charge in [-0.05, 0) is 49.1 Å². The Bertz CT molecular complexity index is 806. The summed E-state index contributed by atoms with van der Waals surface area (Å²) in [4.78, 5) is 24.5. The van der Waals surface area contributed by atoms with Crippen LogP contribution in [0, 0.1) is 11.8 Å². The summed E-state index contributed by atoms with van der Waals surface area (Å²) >= 11 is 6.18. The molecule has 2 aromatic carbocycles. The standard InChI is InChI=1S/C20H21ClN2O2/c1-12-10-17(12)20(25)23-15-7-5-6-14(11-15)19(24)22-13(2)16-8-3-4-9-18(16)21/h3-9,11-13,17H,10H2,1-2H3,(H,22,24)(H,23,25). The van der Waals surface area contributed by atoms with Crippen LogP contribution in [0.5, 0.6) is 0 Å². The summed E-state index contributed by atoms with van der Waals surface area (Å²) < 4.78 is 0. The molecule has 0 aliphatic heterocycles. The average molecular weight is 357 g/mol. The minimum atomic E-state index is -0.216. The number of benzene rings is 2. The van der Waals surface area contributed by atoms with Crippen molar-refractivity contribution in [3.63, 3.8) is 0 Å². The summed E-state index contributed by atoms with van der Waals surface area (Å²) in [6.07, 6.45) is 0.932. The monoisotopic (exact) mass is 356 g/mol. The second-order valence-electron chi connectivity index (χ2n) is 6.61. The Hall–Kier alpha value is -2.33. The second kappa shape index (κ2) is 7.28. The normalized spacial score (nSPS) is 19.8. The molecule has 0 saturated heterocycles. The molecule has 1 aliphatic rings. The SMILES string of the molecule is CC(NC(=O)c1cccc(NC(=O)C2CC2C)c1)c1ccccc1Cl. The minimum Gasteiger partial charge on any atom is -0.345 e. The lowest BCUT2D eigenvalue weighted by atomic mass is 10.1. The molecule has 1 fully saturated rings. The maximum atomic E-state index is 12.5. The molecule has 130 valence electrons. The fourth-order valence-corrected chi connectivity index (χ4v) is 3.14. The van der Waals surface area contributed by atoms with Gasteiger partial charge in [0, 0.05) is 22.2 Å². The molecule has 0 aromatic heterocycles. The molecule has 0 heterocycles. The van der Waals surface area contributed by atoms with Crippen molar-refractivity contribution in [1.82, 2.24) is 5.32 Å². The molecular weight excluding hydrogens is 336 g/mol. The molecule has 0 bridgehead atoms. The highest BCUT2D eigenvalue weighted by molar-refractivity contribution is 6.31. The summed E-state index contributed by atoms with van der Waals surface area (Å²) in [6, 6.07) is 14.2. The molecule has 5 heteroatoms. The van der Waals surface area contributed by atoms with Crippen LogP contribution in [0.1, 0.15) is 42.2 Å². The van der Waals surface area contributed by atoms with Crippen LogP contribution in [0.3, 0.4) is 0 Å². The Balaban J connectivity index is 1.67. The van der Waals surface area contributed by atoms with E-state index in [4.69, 9.17) is 11.6 Å². The van der Waals surface area contributed by atoms with Gasteiger partial charge < -0.3 is 10.6 Å². The van der Waals surface area contributed by atoms with E-state index in [0.717, 1.165) is 12.0 Å². The second-order valence-corrected chi connectivity index (χ2v) is 7.01. The van der Waals surface area contributed by atoms with E-state index in [9.17, 15) is 9.59 Å². The van der Waals surface area contributed by atoms with Crippen molar-refractivity contribution < 1.29 is 9.59 Å². The van der Waals surface area contributed by atoms with Crippen LogP contribution in [0.2, 0.25) is 5.02 Å². The van der Waals surface area contributed by atoms with E-state index >= 15 is 0 Å². The average Bonchev–Trinajstić information content (AvgIpc) is 3.32. The molecule has 3 unspecified atom stereocenters. The number of carbonyl (C=O) groups is 2. The molecule has 3 atom stereocenters. The Kier molecular flexibility index (Phi) is 5.09. The largest absolute Gasteiger partial charge is 0.345 e. The smallest absolute Gasteiger partial charge is 0.251 e. The van der Waals surface area contributed by atoms with Gasteiger partial charge in [0.15, 0.2) is 0 Å². The number of carbonyl (C=O) groups excluding carboxylic acids is 2. The summed E-state index contributed by atoms with van der Waals surface area (Å²) in [5.41, 5.74) is 2.01. The number of hydrogen-bond acceptors (Lipinski definition) is 2. The van der Waals surface area contributed by atoms with Gasteiger partial charge in [-0.2, -0.15) is 0 Å². The molecule has 2 amide bonds. The third-order valence-corrected chi connectivity index (χ3v) is 4.90. The summed E-state index contributed by atoms with van der Waals surface area (Å²) in [5.74, 6) is 0.360. The first-order chi connectivity index (χ1) is 12.0. The van der Waals surface area contributed by atoms with E-state index in [0.29, 0.717) is 22.2 Å². The molecule has 0 radical (unpaired) electrons. The van der Waals surface area contributed by atoms with E-state index < -0.39 is 0 Å². The van der Waals surface area contributed by atoms with Crippen LogP contribution in [0.25, 0.3) is 0 Å². The van der Waals surface area contributed by atoms with Crippen molar-refractivity contribution in [3.05, 3.63) is 64.7 Å². The lowest BCUT2D eigenvalue weighted by Crippen LogP contribution is -2.27. The third-order valence-electron chi connectivity index (χ3n) is 4.56. The van der Waals surface area contributed by atoms with Crippen molar-refractivity contribution in [2.24, 2.45) is 11.8 Å². The van der Waals surface area contributed by atoms with Crippen LogP contribution in [-0.4, -0.2) is 11.8 Å². The van der Waals surface area contributed by atoms with Gasteiger partial charge in [0.1, 0.15) is 0 Å². The van der Waals surface area contributed by atoms with Crippen LogP contribution < -0.4 is 10.6 Å². The fourth-order valence-electron chi connectivity index (χ4n) is 2.84. The Morgan fingerprint density at radius 3 is 2.56 bits per heavy atom. The van der Waals surface area contributed by atoms with Crippen molar-refractivity contribution >= 4 is 29.1 Å². The van der Waals surface area contributed by atoms with Gasteiger partial charge in [-0.3, -0.25) is 9.59 Å². The molecular formula is C20H21ClN2O2. The van der Waals surface area contributed by atoms with Gasteiger partial charge in [0.25, 0.3) is 5.91 Å². The predicted molar refractivity (Wildman–Crippen MR) is 99.7 cm³/mol. The van der Waals surface area contributed by atoms with Gasteiger partial charge in [-0.15, -0.1) is 0 Å². The minimum absolute atomic E-state index is 0.0227. The highest BCUT2D eigenvalue weighted by Gasteiger charge is 2.39. The number of nitrogens with one attached hydrogen (secondary N) is 2. The number of rotatable bonds is 5. The van der Waals surface area contributed by atoms with E-state index in [-0.39, 0.29) is 23.8 Å². The topological polar surface area (TPSA) is 58.2 Å². The van der Waals surface area contributed by atoms with Gasteiger partial charge >= 0.3 is 0 Å². The molecule has 3 rings (SSSR count). The van der Waals surface area contributed by atoms with Gasteiger partial charge in [-0.25, -0.2) is 0 Å². The zero-order valence-electron chi connectivity index (χ0n) is 14.3. The first-order valence-corrected chi connectivity index (χ1v) is 8.79. The van der Waals surface area contributed by atoms with Gasteiger partial charge in [-0.1, -0.05) is 42.8 Å². The van der Waals surface area contributed by atoms with E-state index in [1.807, 2.05) is 25.1 Å². The van der Waals surface area contributed by atoms with Gasteiger partial charge in [0.05, 0.1) is 6.04 Å². The van der Waals surface area contributed by atoms with Crippen LogP contribution in [0.4, 0.5) is 5.69 Å². The lowest BCUT2D eigenvalue weighted by Gasteiger charge is -2.16. The third kappa shape index (κ3) is 4.20. The zero-order valence-corrected chi connectivity index (χ0v) is 15.0. The molecule has 2 N–H and O–H groups in total. The Morgan fingerprint density at radius 1 is 1.16 bits per heavy atom. The fraction of sp³-hybridized carbons (Fsp3) is 0.300. The highest BCUT2D eigenvalue weighted by atomic mass is 35.5. The van der Waals surface area contributed by atoms with Crippen LogP contribution in [0.15, 0.2) is 48.5 Å². The van der Waals surface area contributed by atoms with Crippen LogP contribution in [-0.2, 0) is 4.79 Å². The maximum absolute atomic E-state index is 12.5. The van der Waals surface area contributed by atoms with Gasteiger partial charge in [0.2, 0.25) is 5.91 Å². The number of anilines is 1. The maximum Gasteiger partial charge on any atom is 0.251 e. The van der Waals surface area contributed by atoms with E-state index in [1.165, 1.54) is 0 Å². The Morgan fingerprint density at radius 2 is 1.88 bits per heavy atom. The highest BCUT2D eigenvalue weighted by Crippen LogP contribution is 2.38. The first kappa shape index (κ1) is 17.5. The lowest BCUT2D eigenvalue weighted by molar-refractivity contribution is -0.117. The molecule has 4 nitrogen and oxygen atoms in total. The summed E-state index contributed by atoms with van der Waals surface area (Å²) in [7, 11) is 0. The quantitative estimate of drug-likeness (QED) is 0.832. The number of hydrogen-bond donors (Lipinski definition) is 2. The van der Waals surface area contributed by atoms with Crippen molar-refractivity contribution in [2.45, 2.75) is 26.3 Å². The van der Waals surface area contributed by atoms with Crippen LogP contribution >= 0.6 is 11.6 Å². The molecule has 25 heavy (non-hydrogen) atoms. The molecule has 1 aliphatic carbocycles. The van der Waals surface area contributed by atoms with Crippen molar-refractivity contribution in [2.75, 3.05) is 5.32 Å². The predicted octanol–water partition coefficient (Wildman–Crippen LogP) is 4.43. The number of amides is 2. The summed E-state index contributed by atoms with van der Waals surface area (Å²) in [5, 5.41) is 6.44. The molecule has 2 aromatic rings. The van der Waals surface area contributed by atoms with Crippen molar-refractivity contribution in [3.8, 4) is 0 Å². The number of halogens is 1. The first-order valence-electron chi connectivity index (χ1n) is 8.42. The molecule has 1 saturated carbocycles. The van der Waals surface area contributed by atoms with E-state index in [2.05, 4.69) is 17.6 Å². The summed E-state index contributed by atoms with van der Waals surface area (Å²) in [6.45, 7) is 3.95.